The second kappa shape index (κ2) is 3.52. The van der Waals surface area contributed by atoms with E-state index in [0.29, 0.717) is 0 Å². The third-order valence-electron chi connectivity index (χ3n) is 2.83. The van der Waals surface area contributed by atoms with Gasteiger partial charge in [0.2, 0.25) is 0 Å². The Morgan fingerprint density at radius 1 is 1.38 bits per heavy atom. The summed E-state index contributed by atoms with van der Waals surface area (Å²) in [6.07, 6.45) is 0.936. The standard InChI is InChI=1S/C12H12ClN3/c1-7-15-11-4-5-14-10-3-2-8(13)6-9(10)12(11)16-7/h2-3,6,14H,4-5H2,1H3,(H,15,16). The average molecular weight is 234 g/mol. The predicted octanol–water partition coefficient (Wildman–Crippen LogP) is 3.01. The van der Waals surface area contributed by atoms with Crippen molar-refractivity contribution in [1.29, 1.82) is 0 Å². The van der Waals surface area contributed by atoms with Crippen molar-refractivity contribution in [1.82, 2.24) is 9.97 Å². The highest BCUT2D eigenvalue weighted by molar-refractivity contribution is 6.31. The van der Waals surface area contributed by atoms with Crippen LogP contribution in [0.3, 0.4) is 0 Å². The molecule has 0 atom stereocenters. The summed E-state index contributed by atoms with van der Waals surface area (Å²) in [6, 6.07) is 5.90. The molecule has 2 heterocycles. The quantitative estimate of drug-likeness (QED) is 0.735. The number of benzene rings is 1. The van der Waals surface area contributed by atoms with Gasteiger partial charge in [0.25, 0.3) is 0 Å². The highest BCUT2D eigenvalue weighted by Gasteiger charge is 2.17. The lowest BCUT2D eigenvalue weighted by Crippen LogP contribution is -2.02. The number of imidazole rings is 1. The van der Waals surface area contributed by atoms with E-state index in [1.54, 1.807) is 0 Å². The molecule has 0 spiro atoms. The van der Waals surface area contributed by atoms with Gasteiger partial charge in [-0.1, -0.05) is 11.6 Å². The second-order valence-corrected chi connectivity index (χ2v) is 4.45. The average Bonchev–Trinajstić information content (AvgIpc) is 2.54. The molecule has 0 unspecified atom stereocenters. The number of rotatable bonds is 0. The first-order chi connectivity index (χ1) is 7.74. The predicted molar refractivity (Wildman–Crippen MR) is 66.0 cm³/mol. The van der Waals surface area contributed by atoms with E-state index in [2.05, 4.69) is 15.3 Å². The Labute approximate surface area is 98.9 Å². The van der Waals surface area contributed by atoms with Gasteiger partial charge in [-0.25, -0.2) is 4.98 Å². The van der Waals surface area contributed by atoms with Crippen LogP contribution < -0.4 is 5.32 Å². The monoisotopic (exact) mass is 233 g/mol. The Morgan fingerprint density at radius 3 is 3.12 bits per heavy atom. The Kier molecular flexibility index (Phi) is 2.14. The number of aromatic nitrogens is 2. The second-order valence-electron chi connectivity index (χ2n) is 4.01. The molecule has 3 rings (SSSR count). The minimum atomic E-state index is 0.751. The maximum absolute atomic E-state index is 6.04. The summed E-state index contributed by atoms with van der Waals surface area (Å²) >= 11 is 6.04. The molecule has 3 nitrogen and oxygen atoms in total. The molecule has 16 heavy (non-hydrogen) atoms. The number of aromatic amines is 1. The van der Waals surface area contributed by atoms with Crippen molar-refractivity contribution in [3.05, 3.63) is 34.7 Å². The van der Waals surface area contributed by atoms with Crippen LogP contribution in [0.5, 0.6) is 0 Å². The molecule has 2 N–H and O–H groups in total. The maximum Gasteiger partial charge on any atom is 0.103 e. The third kappa shape index (κ3) is 1.48. The molecule has 0 saturated carbocycles. The van der Waals surface area contributed by atoms with E-state index < -0.39 is 0 Å². The lowest BCUT2D eigenvalue weighted by molar-refractivity contribution is 0.977. The van der Waals surface area contributed by atoms with Gasteiger partial charge in [-0.3, -0.25) is 0 Å². The summed E-state index contributed by atoms with van der Waals surface area (Å²) in [4.78, 5) is 7.81. The fourth-order valence-corrected chi connectivity index (χ4v) is 2.31. The lowest BCUT2D eigenvalue weighted by atomic mass is 10.1. The molecule has 2 aromatic rings. The molecule has 1 aliphatic heterocycles. The highest BCUT2D eigenvalue weighted by atomic mass is 35.5. The van der Waals surface area contributed by atoms with Crippen molar-refractivity contribution < 1.29 is 0 Å². The summed E-state index contributed by atoms with van der Waals surface area (Å²) < 4.78 is 0. The topological polar surface area (TPSA) is 40.7 Å². The summed E-state index contributed by atoms with van der Waals surface area (Å²) in [5.74, 6) is 0.956. The molecular weight excluding hydrogens is 222 g/mol. The molecule has 1 aliphatic rings. The number of nitrogens with one attached hydrogen (secondary N) is 2. The van der Waals surface area contributed by atoms with Crippen LogP contribution in [-0.2, 0) is 6.42 Å². The fraction of sp³-hybridized carbons (Fsp3) is 0.250. The molecule has 0 radical (unpaired) electrons. The van der Waals surface area contributed by atoms with E-state index in [1.165, 1.54) is 0 Å². The molecule has 1 aromatic carbocycles. The molecule has 4 heteroatoms. The Hall–Kier alpha value is -1.48. The summed E-state index contributed by atoms with van der Waals surface area (Å²) in [5.41, 5.74) is 4.44. The molecule has 82 valence electrons. The molecular formula is C12H12ClN3. The molecule has 0 saturated heterocycles. The van der Waals surface area contributed by atoms with E-state index in [0.717, 1.165) is 46.5 Å². The van der Waals surface area contributed by atoms with E-state index in [9.17, 15) is 0 Å². The van der Waals surface area contributed by atoms with Crippen molar-refractivity contribution in [3.63, 3.8) is 0 Å². The van der Waals surface area contributed by atoms with Crippen LogP contribution in [0, 0.1) is 6.92 Å². The number of fused-ring (bicyclic) bond motifs is 3. The van der Waals surface area contributed by atoms with Gasteiger partial charge in [-0.2, -0.15) is 0 Å². The number of hydrogen-bond acceptors (Lipinski definition) is 2. The van der Waals surface area contributed by atoms with Gasteiger partial charge in [0.05, 0.1) is 11.4 Å². The van der Waals surface area contributed by atoms with Gasteiger partial charge in [0.15, 0.2) is 0 Å². The van der Waals surface area contributed by atoms with E-state index in [1.807, 2.05) is 25.1 Å². The largest absolute Gasteiger partial charge is 0.384 e. The van der Waals surface area contributed by atoms with E-state index >= 15 is 0 Å². The van der Waals surface area contributed by atoms with E-state index in [-0.39, 0.29) is 0 Å². The zero-order valence-electron chi connectivity index (χ0n) is 8.97. The van der Waals surface area contributed by atoms with E-state index in [4.69, 9.17) is 11.6 Å². The lowest BCUT2D eigenvalue weighted by Gasteiger charge is -2.07. The fourth-order valence-electron chi connectivity index (χ4n) is 2.14. The van der Waals surface area contributed by atoms with Gasteiger partial charge >= 0.3 is 0 Å². The normalized spacial score (nSPS) is 13.6. The number of H-pyrrole nitrogens is 1. The molecule has 1 aromatic heterocycles. The summed E-state index contributed by atoms with van der Waals surface area (Å²) in [6.45, 7) is 2.89. The molecule has 0 fully saturated rings. The van der Waals surface area contributed by atoms with Gasteiger partial charge in [-0.05, 0) is 25.1 Å². The van der Waals surface area contributed by atoms with Crippen molar-refractivity contribution in [2.24, 2.45) is 0 Å². The molecule has 0 aliphatic carbocycles. The van der Waals surface area contributed by atoms with Gasteiger partial charge in [0, 0.05) is 29.2 Å². The van der Waals surface area contributed by atoms with Crippen LogP contribution in [0.2, 0.25) is 5.02 Å². The number of hydrogen-bond donors (Lipinski definition) is 2. The smallest absolute Gasteiger partial charge is 0.103 e. The number of nitrogens with zero attached hydrogens (tertiary/aromatic N) is 1. The SMILES string of the molecule is Cc1nc2c([nH]1)-c1cc(Cl)ccc1NCC2. The van der Waals surface area contributed by atoms with Crippen LogP contribution >= 0.6 is 11.6 Å². The number of halogens is 1. The Bertz CT molecular complexity index is 545. The van der Waals surface area contributed by atoms with Crippen LogP contribution in [0.25, 0.3) is 11.3 Å². The van der Waals surface area contributed by atoms with Crippen LogP contribution in [-0.4, -0.2) is 16.5 Å². The van der Waals surface area contributed by atoms with Gasteiger partial charge in [-0.15, -0.1) is 0 Å². The minimum absolute atomic E-state index is 0.751. The Morgan fingerprint density at radius 2 is 2.25 bits per heavy atom. The molecule has 0 bridgehead atoms. The molecule has 0 amide bonds. The zero-order chi connectivity index (χ0) is 11.1. The van der Waals surface area contributed by atoms with Crippen molar-refractivity contribution in [2.45, 2.75) is 13.3 Å². The first-order valence-corrected chi connectivity index (χ1v) is 5.71. The van der Waals surface area contributed by atoms with Crippen LogP contribution in [0.4, 0.5) is 5.69 Å². The van der Waals surface area contributed by atoms with Crippen LogP contribution in [0.1, 0.15) is 11.5 Å². The van der Waals surface area contributed by atoms with Crippen molar-refractivity contribution in [3.8, 4) is 11.3 Å². The van der Waals surface area contributed by atoms with Crippen molar-refractivity contribution in [2.75, 3.05) is 11.9 Å². The maximum atomic E-state index is 6.04. The number of anilines is 1. The van der Waals surface area contributed by atoms with Gasteiger partial charge < -0.3 is 10.3 Å². The Balaban J connectivity index is 2.27. The first kappa shape index (κ1) is 9.73. The summed E-state index contributed by atoms with van der Waals surface area (Å²) in [5, 5.41) is 4.14. The van der Waals surface area contributed by atoms with Gasteiger partial charge in [0.1, 0.15) is 5.82 Å². The zero-order valence-corrected chi connectivity index (χ0v) is 9.73. The highest BCUT2D eigenvalue weighted by Crippen LogP contribution is 2.33. The van der Waals surface area contributed by atoms with Crippen molar-refractivity contribution >= 4 is 17.3 Å². The van der Waals surface area contributed by atoms with Crippen LogP contribution in [0.15, 0.2) is 18.2 Å². The summed E-state index contributed by atoms with van der Waals surface area (Å²) in [7, 11) is 0. The number of aryl methyl sites for hydroxylation is 1. The first-order valence-electron chi connectivity index (χ1n) is 5.33. The minimum Gasteiger partial charge on any atom is -0.384 e. The third-order valence-corrected chi connectivity index (χ3v) is 3.06.